The fraction of sp³-hybridized carbons (Fsp3) is 0.438. The molecule has 0 radical (unpaired) electrons. The molecule has 4 nitrogen and oxygen atoms in total. The summed E-state index contributed by atoms with van der Waals surface area (Å²) >= 11 is 0. The van der Waals surface area contributed by atoms with Crippen molar-refractivity contribution in [1.29, 1.82) is 0 Å². The predicted octanol–water partition coefficient (Wildman–Crippen LogP) is 2.37. The number of rotatable bonds is 2. The maximum Gasteiger partial charge on any atom is 0.253 e. The molecule has 0 aliphatic carbocycles. The number of hydrogen-bond acceptors (Lipinski definition) is 2. The summed E-state index contributed by atoms with van der Waals surface area (Å²) in [6.07, 6.45) is 4.06. The van der Waals surface area contributed by atoms with Gasteiger partial charge in [-0.15, -0.1) is 0 Å². The number of aromatic nitrogens is 1. The van der Waals surface area contributed by atoms with E-state index in [1.807, 2.05) is 42.3 Å². The van der Waals surface area contributed by atoms with E-state index in [1.165, 1.54) is 0 Å². The number of hydrogen-bond donors (Lipinski definition) is 2. The van der Waals surface area contributed by atoms with Crippen molar-refractivity contribution in [3.05, 3.63) is 36.0 Å². The molecule has 106 valence electrons. The van der Waals surface area contributed by atoms with Crippen molar-refractivity contribution in [1.82, 2.24) is 9.88 Å². The van der Waals surface area contributed by atoms with E-state index in [1.54, 1.807) is 0 Å². The smallest absolute Gasteiger partial charge is 0.253 e. The van der Waals surface area contributed by atoms with Gasteiger partial charge >= 0.3 is 0 Å². The lowest BCUT2D eigenvalue weighted by Gasteiger charge is -2.34. The van der Waals surface area contributed by atoms with Crippen molar-refractivity contribution in [2.24, 2.45) is 11.7 Å². The topological polar surface area (TPSA) is 62.1 Å². The molecule has 3 rings (SSSR count). The number of benzene rings is 1. The van der Waals surface area contributed by atoms with Crippen LogP contribution in [0.15, 0.2) is 30.5 Å². The van der Waals surface area contributed by atoms with Gasteiger partial charge in [-0.05, 0) is 49.3 Å². The standard InChI is InChI=1S/C16H21N3O/c1-11(17)14-3-2-8-19(10-14)16(20)13-5-4-12-6-7-18-15(12)9-13/h4-7,9,11,14,18H,2-3,8,10,17H2,1H3. The number of carbonyl (C=O) groups is 1. The molecule has 2 unspecified atom stereocenters. The normalized spacial score (nSPS) is 21.1. The van der Waals surface area contributed by atoms with Gasteiger partial charge in [0, 0.05) is 36.4 Å². The Hall–Kier alpha value is -1.81. The molecule has 20 heavy (non-hydrogen) atoms. The van der Waals surface area contributed by atoms with Crippen LogP contribution in [-0.2, 0) is 0 Å². The van der Waals surface area contributed by atoms with E-state index in [4.69, 9.17) is 5.73 Å². The van der Waals surface area contributed by atoms with E-state index in [-0.39, 0.29) is 11.9 Å². The summed E-state index contributed by atoms with van der Waals surface area (Å²) < 4.78 is 0. The summed E-state index contributed by atoms with van der Waals surface area (Å²) in [7, 11) is 0. The van der Waals surface area contributed by atoms with Crippen LogP contribution in [0.1, 0.15) is 30.1 Å². The summed E-state index contributed by atoms with van der Waals surface area (Å²) in [6.45, 7) is 3.65. The first-order valence-corrected chi connectivity index (χ1v) is 7.27. The zero-order valence-electron chi connectivity index (χ0n) is 11.8. The number of nitrogens with two attached hydrogens (primary N) is 1. The average Bonchev–Trinajstić information content (AvgIpc) is 2.94. The van der Waals surface area contributed by atoms with E-state index in [0.717, 1.165) is 42.4 Å². The highest BCUT2D eigenvalue weighted by Crippen LogP contribution is 2.22. The van der Waals surface area contributed by atoms with Gasteiger partial charge in [0.15, 0.2) is 0 Å². The predicted molar refractivity (Wildman–Crippen MR) is 80.6 cm³/mol. The molecule has 1 fully saturated rings. The van der Waals surface area contributed by atoms with E-state index >= 15 is 0 Å². The van der Waals surface area contributed by atoms with Gasteiger partial charge in [-0.2, -0.15) is 0 Å². The van der Waals surface area contributed by atoms with Crippen LogP contribution in [0.5, 0.6) is 0 Å². The Morgan fingerprint density at radius 1 is 1.45 bits per heavy atom. The molecule has 1 aliphatic heterocycles. The third-order valence-corrected chi connectivity index (χ3v) is 4.29. The highest BCUT2D eigenvalue weighted by atomic mass is 16.2. The number of likely N-dealkylation sites (tertiary alicyclic amines) is 1. The van der Waals surface area contributed by atoms with Crippen LogP contribution in [0.3, 0.4) is 0 Å². The average molecular weight is 271 g/mol. The number of piperidine rings is 1. The largest absolute Gasteiger partial charge is 0.361 e. The second-order valence-corrected chi connectivity index (χ2v) is 5.79. The zero-order chi connectivity index (χ0) is 14.1. The van der Waals surface area contributed by atoms with Crippen LogP contribution in [0, 0.1) is 5.92 Å². The lowest BCUT2D eigenvalue weighted by atomic mass is 9.92. The second-order valence-electron chi connectivity index (χ2n) is 5.79. The molecule has 4 heteroatoms. The highest BCUT2D eigenvalue weighted by Gasteiger charge is 2.26. The number of nitrogens with one attached hydrogen (secondary N) is 1. The lowest BCUT2D eigenvalue weighted by Crippen LogP contribution is -2.45. The van der Waals surface area contributed by atoms with Gasteiger partial charge in [0.2, 0.25) is 0 Å². The zero-order valence-corrected chi connectivity index (χ0v) is 11.8. The van der Waals surface area contributed by atoms with Crippen molar-refractivity contribution in [2.75, 3.05) is 13.1 Å². The number of fused-ring (bicyclic) bond motifs is 1. The first-order chi connectivity index (χ1) is 9.65. The molecule has 1 aromatic carbocycles. The Labute approximate surface area is 118 Å². The molecule has 1 saturated heterocycles. The van der Waals surface area contributed by atoms with Crippen LogP contribution in [-0.4, -0.2) is 34.9 Å². The minimum atomic E-state index is 0.117. The van der Waals surface area contributed by atoms with Crippen molar-refractivity contribution < 1.29 is 4.79 Å². The summed E-state index contributed by atoms with van der Waals surface area (Å²) in [5.74, 6) is 0.536. The van der Waals surface area contributed by atoms with E-state index in [0.29, 0.717) is 5.92 Å². The van der Waals surface area contributed by atoms with Gasteiger partial charge in [0.1, 0.15) is 0 Å². The van der Waals surface area contributed by atoms with Crippen LogP contribution in [0.2, 0.25) is 0 Å². The Morgan fingerprint density at radius 2 is 2.30 bits per heavy atom. The van der Waals surface area contributed by atoms with Gasteiger partial charge in [0.25, 0.3) is 5.91 Å². The van der Waals surface area contributed by atoms with E-state index in [2.05, 4.69) is 4.98 Å². The van der Waals surface area contributed by atoms with Gasteiger partial charge in [-0.3, -0.25) is 4.79 Å². The third-order valence-electron chi connectivity index (χ3n) is 4.29. The lowest BCUT2D eigenvalue weighted by molar-refractivity contribution is 0.0661. The summed E-state index contributed by atoms with van der Waals surface area (Å²) in [5, 5.41) is 1.13. The molecule has 1 aliphatic rings. The van der Waals surface area contributed by atoms with E-state index < -0.39 is 0 Å². The molecular formula is C16H21N3O. The fourth-order valence-electron chi connectivity index (χ4n) is 2.99. The third kappa shape index (κ3) is 2.43. The SMILES string of the molecule is CC(N)C1CCCN(C(=O)c2ccc3cc[nH]c3c2)C1. The Morgan fingerprint density at radius 3 is 3.10 bits per heavy atom. The van der Waals surface area contributed by atoms with Crippen LogP contribution in [0.25, 0.3) is 10.9 Å². The molecule has 0 spiro atoms. The minimum Gasteiger partial charge on any atom is -0.361 e. The van der Waals surface area contributed by atoms with Crippen molar-refractivity contribution >= 4 is 16.8 Å². The molecule has 3 N–H and O–H groups in total. The maximum atomic E-state index is 12.6. The number of amides is 1. The summed E-state index contributed by atoms with van der Waals surface area (Å²) in [4.78, 5) is 17.7. The van der Waals surface area contributed by atoms with Gasteiger partial charge in [-0.1, -0.05) is 6.07 Å². The first kappa shape index (κ1) is 13.2. The molecule has 0 saturated carbocycles. The molecule has 1 aromatic heterocycles. The van der Waals surface area contributed by atoms with E-state index in [9.17, 15) is 4.79 Å². The molecule has 2 atom stereocenters. The minimum absolute atomic E-state index is 0.117. The quantitative estimate of drug-likeness (QED) is 0.881. The van der Waals surface area contributed by atoms with Gasteiger partial charge in [0.05, 0.1) is 0 Å². The number of aromatic amines is 1. The first-order valence-electron chi connectivity index (χ1n) is 7.27. The van der Waals surface area contributed by atoms with Crippen LogP contribution in [0.4, 0.5) is 0 Å². The number of nitrogens with zero attached hydrogens (tertiary/aromatic N) is 1. The van der Waals surface area contributed by atoms with Crippen LogP contribution < -0.4 is 5.73 Å². The van der Waals surface area contributed by atoms with Crippen LogP contribution >= 0.6 is 0 Å². The maximum absolute atomic E-state index is 12.6. The monoisotopic (exact) mass is 271 g/mol. The fourth-order valence-corrected chi connectivity index (χ4v) is 2.99. The number of H-pyrrole nitrogens is 1. The Balaban J connectivity index is 1.80. The Kier molecular flexibility index (Phi) is 3.49. The van der Waals surface area contributed by atoms with Crippen molar-refractivity contribution in [3.8, 4) is 0 Å². The van der Waals surface area contributed by atoms with Crippen molar-refractivity contribution in [3.63, 3.8) is 0 Å². The molecule has 2 heterocycles. The molecule has 2 aromatic rings. The molecule has 0 bridgehead atoms. The highest BCUT2D eigenvalue weighted by molar-refractivity contribution is 5.98. The van der Waals surface area contributed by atoms with Gasteiger partial charge < -0.3 is 15.6 Å². The molecular weight excluding hydrogens is 250 g/mol. The molecule has 1 amide bonds. The second kappa shape index (κ2) is 5.29. The van der Waals surface area contributed by atoms with Crippen molar-refractivity contribution in [2.45, 2.75) is 25.8 Å². The van der Waals surface area contributed by atoms with Gasteiger partial charge in [-0.25, -0.2) is 0 Å². The summed E-state index contributed by atoms with van der Waals surface area (Å²) in [5.41, 5.74) is 7.75. The number of carbonyl (C=O) groups excluding carboxylic acids is 1. The summed E-state index contributed by atoms with van der Waals surface area (Å²) in [6, 6.07) is 8.00. The Bertz CT molecular complexity index is 617.